The molecule has 0 aliphatic rings. The maximum atomic E-state index is 6.24. The van der Waals surface area contributed by atoms with E-state index in [1.54, 1.807) is 0 Å². The standard InChI is InChI=1S/C18H12BrN.C18H14N2/c2*19-16-11-6-10-15-14-9-4-5-12-17(14)20(18(15)16)13-7-2-1-3-8-13/h1-12H;1-12H,19H2. The Morgan fingerprint density at radius 1 is 0.400 bits per heavy atom. The first-order valence-corrected chi connectivity index (χ1v) is 14.1. The average Bonchev–Trinajstić information content (AvgIpc) is 3.54. The van der Waals surface area contributed by atoms with Gasteiger partial charge in [0.05, 0.1) is 27.8 Å². The van der Waals surface area contributed by atoms with E-state index in [9.17, 15) is 0 Å². The van der Waals surface area contributed by atoms with Gasteiger partial charge in [0.2, 0.25) is 0 Å². The highest BCUT2D eigenvalue weighted by Gasteiger charge is 2.14. The molecule has 40 heavy (non-hydrogen) atoms. The second-order valence-corrected chi connectivity index (χ2v) is 10.6. The lowest BCUT2D eigenvalue weighted by Crippen LogP contribution is -1.96. The van der Waals surface area contributed by atoms with Gasteiger partial charge in [-0.05, 0) is 64.5 Å². The van der Waals surface area contributed by atoms with Crippen LogP contribution in [0.5, 0.6) is 0 Å². The Bertz CT molecular complexity index is 1970. The van der Waals surface area contributed by atoms with Gasteiger partial charge in [0.1, 0.15) is 0 Å². The van der Waals surface area contributed by atoms with Crippen LogP contribution in [-0.2, 0) is 0 Å². The van der Waals surface area contributed by atoms with Crippen LogP contribution in [0.2, 0.25) is 0 Å². The van der Waals surface area contributed by atoms with E-state index in [1.165, 1.54) is 43.8 Å². The number of aromatic nitrogens is 2. The van der Waals surface area contributed by atoms with Crippen LogP contribution >= 0.6 is 15.9 Å². The molecule has 0 saturated carbocycles. The fourth-order valence-electron chi connectivity index (χ4n) is 5.71. The predicted molar refractivity (Wildman–Crippen MR) is 174 cm³/mol. The quantitative estimate of drug-likeness (QED) is 0.203. The zero-order chi connectivity index (χ0) is 27.1. The van der Waals surface area contributed by atoms with E-state index in [2.05, 4.69) is 146 Å². The Morgan fingerprint density at radius 2 is 0.825 bits per heavy atom. The van der Waals surface area contributed by atoms with Crippen molar-refractivity contribution in [3.8, 4) is 11.4 Å². The Labute approximate surface area is 240 Å². The molecule has 0 radical (unpaired) electrons. The number of hydrogen-bond donors (Lipinski definition) is 1. The molecule has 0 aliphatic heterocycles. The first-order chi connectivity index (χ1) is 19.7. The zero-order valence-corrected chi connectivity index (χ0v) is 23.3. The number of fused-ring (bicyclic) bond motifs is 6. The van der Waals surface area contributed by atoms with Crippen molar-refractivity contribution in [2.75, 3.05) is 5.73 Å². The molecule has 2 heterocycles. The summed E-state index contributed by atoms with van der Waals surface area (Å²) in [6.07, 6.45) is 0. The summed E-state index contributed by atoms with van der Waals surface area (Å²) in [5.41, 5.74) is 14.1. The van der Waals surface area contributed by atoms with Gasteiger partial charge in [-0.1, -0.05) is 97.1 Å². The number of benzene rings is 6. The molecule has 2 N–H and O–H groups in total. The monoisotopic (exact) mass is 579 g/mol. The molecule has 0 unspecified atom stereocenters. The second kappa shape index (κ2) is 10.1. The second-order valence-electron chi connectivity index (χ2n) is 9.76. The van der Waals surface area contributed by atoms with Gasteiger partial charge < -0.3 is 14.9 Å². The number of nitrogens with zero attached hydrogens (tertiary/aromatic N) is 2. The van der Waals surface area contributed by atoms with Crippen molar-refractivity contribution in [1.29, 1.82) is 0 Å². The van der Waals surface area contributed by atoms with Crippen molar-refractivity contribution >= 4 is 65.2 Å². The van der Waals surface area contributed by atoms with E-state index >= 15 is 0 Å². The summed E-state index contributed by atoms with van der Waals surface area (Å²) >= 11 is 3.70. The number of nitrogen functional groups attached to an aromatic ring is 1. The molecular formula is C36H26BrN3. The normalized spacial score (nSPS) is 11.2. The number of para-hydroxylation sites is 6. The predicted octanol–water partition coefficient (Wildman–Crippen LogP) is 9.91. The van der Waals surface area contributed by atoms with E-state index in [-0.39, 0.29) is 0 Å². The summed E-state index contributed by atoms with van der Waals surface area (Å²) < 4.78 is 5.67. The van der Waals surface area contributed by atoms with E-state index < -0.39 is 0 Å². The summed E-state index contributed by atoms with van der Waals surface area (Å²) in [6.45, 7) is 0. The first kappa shape index (κ1) is 24.3. The maximum Gasteiger partial charge on any atom is 0.0771 e. The molecular weight excluding hydrogens is 554 g/mol. The van der Waals surface area contributed by atoms with Gasteiger partial charge in [-0.25, -0.2) is 0 Å². The number of halogens is 1. The summed E-state index contributed by atoms with van der Waals surface area (Å²) in [5, 5.41) is 4.99. The van der Waals surface area contributed by atoms with Crippen LogP contribution in [0, 0.1) is 0 Å². The third kappa shape index (κ3) is 3.96. The van der Waals surface area contributed by atoms with E-state index in [4.69, 9.17) is 5.73 Å². The van der Waals surface area contributed by atoms with Gasteiger partial charge in [-0.15, -0.1) is 0 Å². The Kier molecular flexibility index (Phi) is 6.10. The molecule has 2 aromatic heterocycles. The maximum absolute atomic E-state index is 6.24. The van der Waals surface area contributed by atoms with Crippen molar-refractivity contribution in [2.45, 2.75) is 0 Å². The number of anilines is 1. The molecule has 3 nitrogen and oxygen atoms in total. The number of rotatable bonds is 2. The van der Waals surface area contributed by atoms with Crippen LogP contribution in [-0.4, -0.2) is 9.13 Å². The van der Waals surface area contributed by atoms with Gasteiger partial charge in [0, 0.05) is 37.4 Å². The minimum atomic E-state index is 0.808. The smallest absolute Gasteiger partial charge is 0.0771 e. The Morgan fingerprint density at radius 3 is 1.40 bits per heavy atom. The van der Waals surface area contributed by atoms with Crippen LogP contribution in [0.15, 0.2) is 150 Å². The van der Waals surface area contributed by atoms with Gasteiger partial charge >= 0.3 is 0 Å². The van der Waals surface area contributed by atoms with Gasteiger partial charge in [0.15, 0.2) is 0 Å². The molecule has 0 spiro atoms. The topological polar surface area (TPSA) is 35.9 Å². The van der Waals surface area contributed by atoms with E-state index in [0.717, 1.165) is 21.4 Å². The molecule has 0 amide bonds. The fourth-order valence-corrected chi connectivity index (χ4v) is 6.26. The first-order valence-electron chi connectivity index (χ1n) is 13.3. The molecule has 0 saturated heterocycles. The molecule has 0 aliphatic carbocycles. The molecule has 8 aromatic rings. The number of hydrogen-bond acceptors (Lipinski definition) is 1. The molecule has 0 atom stereocenters. The highest BCUT2D eigenvalue weighted by Crippen LogP contribution is 2.36. The molecule has 0 bridgehead atoms. The lowest BCUT2D eigenvalue weighted by molar-refractivity contribution is 1.18. The Balaban J connectivity index is 0.000000132. The SMILES string of the molecule is Brc1cccc2c3ccccc3n(-c3ccccc3)c12.Nc1cccc2c3ccccc3n(-c3ccccc3)c12. The lowest BCUT2D eigenvalue weighted by atomic mass is 10.1. The summed E-state index contributed by atoms with van der Waals surface area (Å²) in [6, 6.07) is 50.3. The largest absolute Gasteiger partial charge is 0.397 e. The van der Waals surface area contributed by atoms with Crippen LogP contribution in [0.1, 0.15) is 0 Å². The zero-order valence-electron chi connectivity index (χ0n) is 21.7. The highest BCUT2D eigenvalue weighted by atomic mass is 79.9. The van der Waals surface area contributed by atoms with Crippen LogP contribution < -0.4 is 5.73 Å². The van der Waals surface area contributed by atoms with Crippen molar-refractivity contribution in [3.05, 3.63) is 150 Å². The third-order valence-corrected chi connectivity index (χ3v) is 8.04. The van der Waals surface area contributed by atoms with Crippen molar-refractivity contribution in [3.63, 3.8) is 0 Å². The van der Waals surface area contributed by atoms with Crippen molar-refractivity contribution in [2.24, 2.45) is 0 Å². The van der Waals surface area contributed by atoms with Crippen LogP contribution in [0.4, 0.5) is 5.69 Å². The van der Waals surface area contributed by atoms with Gasteiger partial charge in [-0.2, -0.15) is 0 Å². The van der Waals surface area contributed by atoms with Crippen LogP contribution in [0.25, 0.3) is 55.0 Å². The van der Waals surface area contributed by atoms with E-state index in [0.29, 0.717) is 0 Å². The molecule has 4 heteroatoms. The highest BCUT2D eigenvalue weighted by molar-refractivity contribution is 9.10. The molecule has 0 fully saturated rings. The Hall–Kier alpha value is -4.80. The van der Waals surface area contributed by atoms with Crippen LogP contribution in [0.3, 0.4) is 0 Å². The number of nitrogens with two attached hydrogens (primary N) is 1. The minimum Gasteiger partial charge on any atom is -0.397 e. The minimum absolute atomic E-state index is 0.808. The van der Waals surface area contributed by atoms with Crippen molar-refractivity contribution < 1.29 is 0 Å². The fraction of sp³-hybridized carbons (Fsp3) is 0. The average molecular weight is 581 g/mol. The van der Waals surface area contributed by atoms with Gasteiger partial charge in [0.25, 0.3) is 0 Å². The van der Waals surface area contributed by atoms with Crippen molar-refractivity contribution in [1.82, 2.24) is 9.13 Å². The third-order valence-electron chi connectivity index (χ3n) is 7.40. The lowest BCUT2D eigenvalue weighted by Gasteiger charge is -2.08. The summed E-state index contributed by atoms with van der Waals surface area (Å²) in [5.74, 6) is 0. The van der Waals surface area contributed by atoms with Gasteiger partial charge in [-0.3, -0.25) is 0 Å². The molecule has 8 rings (SSSR count). The summed E-state index contributed by atoms with van der Waals surface area (Å²) in [4.78, 5) is 0. The summed E-state index contributed by atoms with van der Waals surface area (Å²) in [7, 11) is 0. The molecule has 6 aromatic carbocycles. The molecule has 192 valence electrons. The van der Waals surface area contributed by atoms with E-state index in [1.807, 2.05) is 24.3 Å².